The Labute approximate surface area is 102 Å². The van der Waals surface area contributed by atoms with E-state index in [2.05, 4.69) is 0 Å². The highest BCUT2D eigenvalue weighted by Gasteiger charge is 2.30. The summed E-state index contributed by atoms with van der Waals surface area (Å²) >= 11 is 0. The Morgan fingerprint density at radius 2 is 2.17 bits per heavy atom. The van der Waals surface area contributed by atoms with Gasteiger partial charge < -0.3 is 0 Å². The van der Waals surface area contributed by atoms with Crippen LogP contribution in [0, 0.1) is 27.3 Å². The molecular formula is C9H8FN3O4S. The van der Waals surface area contributed by atoms with Crippen LogP contribution in [-0.4, -0.2) is 19.4 Å². The molecular weight excluding hydrogens is 265 g/mol. The predicted octanol–water partition coefficient (Wildman–Crippen LogP) is 0.924. The third-order valence-electron chi connectivity index (χ3n) is 1.94. The van der Waals surface area contributed by atoms with Crippen molar-refractivity contribution in [1.82, 2.24) is 4.72 Å². The minimum absolute atomic E-state index is 0.790. The highest BCUT2D eigenvalue weighted by molar-refractivity contribution is 7.89. The van der Waals surface area contributed by atoms with E-state index < -0.39 is 37.4 Å². The second kappa shape index (κ2) is 5.07. The summed E-state index contributed by atoms with van der Waals surface area (Å²) in [6.07, 6.45) is 0. The minimum Gasteiger partial charge on any atom is -0.258 e. The molecule has 0 aromatic heterocycles. The molecule has 0 spiro atoms. The van der Waals surface area contributed by atoms with Crippen molar-refractivity contribution >= 4 is 15.7 Å². The molecule has 0 fully saturated rings. The lowest BCUT2D eigenvalue weighted by Crippen LogP contribution is -2.32. The van der Waals surface area contributed by atoms with Crippen LogP contribution >= 0.6 is 0 Å². The first-order valence-electron chi connectivity index (χ1n) is 4.64. The standard InChI is InChI=1S/C9H8FN3O4S/c1-6(5-11)12-18(16,17)9-7(10)3-2-4-8(9)13(14)15/h2-4,6,12H,1H3/t6-/m0/s1. The number of nitro groups is 1. The molecule has 1 atom stereocenters. The van der Waals surface area contributed by atoms with Gasteiger partial charge in [-0.3, -0.25) is 10.1 Å². The highest BCUT2D eigenvalue weighted by atomic mass is 32.2. The van der Waals surface area contributed by atoms with Gasteiger partial charge in [-0.1, -0.05) is 6.07 Å². The van der Waals surface area contributed by atoms with Gasteiger partial charge in [0.15, 0.2) is 4.90 Å². The van der Waals surface area contributed by atoms with E-state index in [9.17, 15) is 22.9 Å². The molecule has 0 heterocycles. The molecule has 96 valence electrons. The molecule has 0 saturated carbocycles. The van der Waals surface area contributed by atoms with Gasteiger partial charge in [0.2, 0.25) is 0 Å². The van der Waals surface area contributed by atoms with Crippen molar-refractivity contribution < 1.29 is 17.7 Å². The van der Waals surface area contributed by atoms with Crippen LogP contribution in [0.2, 0.25) is 0 Å². The SMILES string of the molecule is C[C@@H](C#N)NS(=O)(=O)c1c(F)cccc1[N+](=O)[O-]. The summed E-state index contributed by atoms with van der Waals surface area (Å²) in [6, 6.07) is 3.13. The van der Waals surface area contributed by atoms with E-state index in [4.69, 9.17) is 5.26 Å². The number of benzene rings is 1. The van der Waals surface area contributed by atoms with Gasteiger partial charge in [-0.05, 0) is 13.0 Å². The highest BCUT2D eigenvalue weighted by Crippen LogP contribution is 2.26. The molecule has 0 unspecified atom stereocenters. The Hall–Kier alpha value is -2.05. The zero-order valence-electron chi connectivity index (χ0n) is 9.12. The van der Waals surface area contributed by atoms with Crippen LogP contribution < -0.4 is 4.72 Å². The van der Waals surface area contributed by atoms with Crippen molar-refractivity contribution in [3.05, 3.63) is 34.1 Å². The Morgan fingerprint density at radius 3 is 2.67 bits per heavy atom. The molecule has 0 saturated heterocycles. The van der Waals surface area contributed by atoms with E-state index in [-0.39, 0.29) is 0 Å². The molecule has 1 aromatic rings. The lowest BCUT2D eigenvalue weighted by molar-refractivity contribution is -0.388. The lowest BCUT2D eigenvalue weighted by atomic mass is 10.3. The largest absolute Gasteiger partial charge is 0.292 e. The molecule has 9 heteroatoms. The zero-order chi connectivity index (χ0) is 13.9. The molecule has 0 bridgehead atoms. The maximum atomic E-state index is 13.5. The molecule has 1 rings (SSSR count). The molecule has 1 aromatic carbocycles. The summed E-state index contributed by atoms with van der Waals surface area (Å²) in [6.45, 7) is 1.23. The molecule has 0 aliphatic heterocycles. The van der Waals surface area contributed by atoms with Crippen molar-refractivity contribution in [2.75, 3.05) is 0 Å². The Bertz CT molecular complexity index is 623. The summed E-state index contributed by atoms with van der Waals surface area (Å²) < 4.78 is 38.8. The van der Waals surface area contributed by atoms with Crippen LogP contribution in [-0.2, 0) is 10.0 Å². The number of nitro benzene ring substituents is 1. The fraction of sp³-hybridized carbons (Fsp3) is 0.222. The number of halogens is 1. The average Bonchev–Trinajstić information content (AvgIpc) is 2.27. The third-order valence-corrected chi connectivity index (χ3v) is 3.54. The number of nitrogens with one attached hydrogen (secondary N) is 1. The third kappa shape index (κ3) is 2.79. The summed E-state index contributed by atoms with van der Waals surface area (Å²) in [4.78, 5) is 8.58. The second-order valence-electron chi connectivity index (χ2n) is 3.32. The monoisotopic (exact) mass is 273 g/mol. The van der Waals surface area contributed by atoms with Gasteiger partial charge in [-0.2, -0.15) is 9.98 Å². The van der Waals surface area contributed by atoms with Crippen LogP contribution in [0.3, 0.4) is 0 Å². The van der Waals surface area contributed by atoms with E-state index in [0.717, 1.165) is 18.2 Å². The van der Waals surface area contributed by atoms with Gasteiger partial charge in [0, 0.05) is 6.07 Å². The van der Waals surface area contributed by atoms with E-state index in [1.165, 1.54) is 6.92 Å². The van der Waals surface area contributed by atoms with Crippen LogP contribution in [0.4, 0.5) is 10.1 Å². The number of rotatable bonds is 4. The summed E-state index contributed by atoms with van der Waals surface area (Å²) in [5, 5.41) is 19.1. The van der Waals surface area contributed by atoms with E-state index >= 15 is 0 Å². The van der Waals surface area contributed by atoms with Crippen LogP contribution in [0.5, 0.6) is 0 Å². The first kappa shape index (κ1) is 14.0. The molecule has 0 aliphatic rings. The number of hydrogen-bond acceptors (Lipinski definition) is 5. The maximum Gasteiger partial charge on any atom is 0.292 e. The molecule has 0 amide bonds. The van der Waals surface area contributed by atoms with Gasteiger partial charge in [0.1, 0.15) is 11.9 Å². The van der Waals surface area contributed by atoms with Crippen molar-refractivity contribution in [2.45, 2.75) is 17.9 Å². The fourth-order valence-electron chi connectivity index (χ4n) is 1.23. The molecule has 0 aliphatic carbocycles. The first-order chi connectivity index (χ1) is 8.29. The summed E-state index contributed by atoms with van der Waals surface area (Å²) in [5.74, 6) is -1.25. The van der Waals surface area contributed by atoms with Crippen molar-refractivity contribution in [1.29, 1.82) is 5.26 Å². The topological polar surface area (TPSA) is 113 Å². The quantitative estimate of drug-likeness (QED) is 0.647. The van der Waals surface area contributed by atoms with Gasteiger partial charge in [-0.25, -0.2) is 12.8 Å². The average molecular weight is 273 g/mol. The fourth-order valence-corrected chi connectivity index (χ4v) is 2.60. The molecule has 18 heavy (non-hydrogen) atoms. The zero-order valence-corrected chi connectivity index (χ0v) is 9.94. The van der Waals surface area contributed by atoms with E-state index in [1.54, 1.807) is 6.07 Å². The van der Waals surface area contributed by atoms with Gasteiger partial charge in [0.25, 0.3) is 15.7 Å². The molecule has 7 nitrogen and oxygen atoms in total. The predicted molar refractivity (Wildman–Crippen MR) is 58.5 cm³/mol. The Balaban J connectivity index is 3.41. The van der Waals surface area contributed by atoms with Crippen molar-refractivity contribution in [2.24, 2.45) is 0 Å². The summed E-state index contributed by atoms with van der Waals surface area (Å²) in [7, 11) is -4.47. The Morgan fingerprint density at radius 1 is 1.56 bits per heavy atom. The number of sulfonamides is 1. The van der Waals surface area contributed by atoms with Gasteiger partial charge in [0.05, 0.1) is 11.0 Å². The normalized spacial score (nSPS) is 12.7. The Kier molecular flexibility index (Phi) is 3.95. The van der Waals surface area contributed by atoms with Gasteiger partial charge in [-0.15, -0.1) is 0 Å². The lowest BCUT2D eigenvalue weighted by Gasteiger charge is -2.08. The number of nitrogens with zero attached hydrogens (tertiary/aromatic N) is 2. The smallest absolute Gasteiger partial charge is 0.258 e. The van der Waals surface area contributed by atoms with Crippen molar-refractivity contribution in [3.8, 4) is 6.07 Å². The maximum absolute atomic E-state index is 13.5. The van der Waals surface area contributed by atoms with Crippen molar-refractivity contribution in [3.63, 3.8) is 0 Å². The van der Waals surface area contributed by atoms with Crippen LogP contribution in [0.15, 0.2) is 23.1 Å². The first-order valence-corrected chi connectivity index (χ1v) is 6.12. The van der Waals surface area contributed by atoms with Crippen LogP contribution in [0.25, 0.3) is 0 Å². The number of nitriles is 1. The molecule has 1 N–H and O–H groups in total. The minimum atomic E-state index is -4.47. The molecule has 0 radical (unpaired) electrons. The second-order valence-corrected chi connectivity index (χ2v) is 4.97. The van der Waals surface area contributed by atoms with Gasteiger partial charge >= 0.3 is 0 Å². The summed E-state index contributed by atoms with van der Waals surface area (Å²) in [5.41, 5.74) is -0.882. The van der Waals surface area contributed by atoms with E-state index in [0.29, 0.717) is 0 Å². The number of hydrogen-bond donors (Lipinski definition) is 1. The van der Waals surface area contributed by atoms with Crippen LogP contribution in [0.1, 0.15) is 6.92 Å². The van der Waals surface area contributed by atoms with E-state index in [1.807, 2.05) is 4.72 Å².